The molecule has 0 bridgehead atoms. The highest BCUT2D eigenvalue weighted by molar-refractivity contribution is 6.22. The molecule has 1 heterocycles. The summed E-state index contributed by atoms with van der Waals surface area (Å²) < 4.78 is 0. The molecule has 4 aromatic carbocycles. The maximum Gasteiger partial charge on any atom is 0.251 e. The molecule has 0 radical (unpaired) electrons. The van der Waals surface area contributed by atoms with Crippen LogP contribution in [0, 0.1) is 0 Å². The van der Waals surface area contributed by atoms with Gasteiger partial charge >= 0.3 is 0 Å². The molecule has 2 N–H and O–H groups in total. The van der Waals surface area contributed by atoms with Crippen LogP contribution in [-0.4, -0.2) is 24.3 Å². The van der Waals surface area contributed by atoms with E-state index >= 15 is 0 Å². The van der Waals surface area contributed by atoms with E-state index in [2.05, 4.69) is 47.0 Å². The molecule has 6 rings (SSSR count). The van der Waals surface area contributed by atoms with Gasteiger partial charge in [0.2, 0.25) is 0 Å². The number of amides is 1. The predicted octanol–water partition coefficient (Wildman–Crippen LogP) is 5.67. The molecule has 0 saturated carbocycles. The summed E-state index contributed by atoms with van der Waals surface area (Å²) in [6.45, 7) is 1.57. The molecule has 1 aliphatic carbocycles. The number of unbranched alkanes of at least 4 members (excludes halogenated alkanes) is 1. The van der Waals surface area contributed by atoms with E-state index < -0.39 is 0 Å². The van der Waals surface area contributed by atoms with Crippen LogP contribution in [0.3, 0.4) is 0 Å². The number of benzene rings is 4. The lowest BCUT2D eigenvalue weighted by Gasteiger charge is -2.27. The van der Waals surface area contributed by atoms with Crippen LogP contribution in [0.1, 0.15) is 56.7 Å². The molecule has 4 nitrogen and oxygen atoms in total. The molecule has 4 heteroatoms. The van der Waals surface area contributed by atoms with Gasteiger partial charge in [-0.25, -0.2) is 0 Å². The van der Waals surface area contributed by atoms with E-state index in [-0.39, 0.29) is 11.7 Å². The number of fused-ring (bicyclic) bond motifs is 6. The quantitative estimate of drug-likeness (QED) is 0.321. The Kier molecular flexibility index (Phi) is 5.67. The lowest BCUT2D eigenvalue weighted by atomic mass is 9.89. The number of hydrogen-bond donors (Lipinski definition) is 2. The molecule has 1 atom stereocenters. The first kappa shape index (κ1) is 21.8. The van der Waals surface area contributed by atoms with Crippen LogP contribution in [-0.2, 0) is 13.0 Å². The van der Waals surface area contributed by atoms with E-state index in [1.165, 1.54) is 21.9 Å². The van der Waals surface area contributed by atoms with Gasteiger partial charge in [-0.3, -0.25) is 9.59 Å². The Morgan fingerprint density at radius 3 is 2.57 bits per heavy atom. The number of carbonyl (C=O) groups excluding carboxylic acids is 2. The molecule has 174 valence electrons. The molecule has 0 aromatic heterocycles. The van der Waals surface area contributed by atoms with Crippen molar-refractivity contribution in [3.8, 4) is 11.1 Å². The Labute approximate surface area is 205 Å². The molecule has 0 saturated heterocycles. The highest BCUT2D eigenvalue weighted by atomic mass is 16.1. The fourth-order valence-corrected chi connectivity index (χ4v) is 5.55. The summed E-state index contributed by atoms with van der Waals surface area (Å²) in [5.74, 6) is -0.0460. The average molecular weight is 461 g/mol. The molecule has 0 spiro atoms. The van der Waals surface area contributed by atoms with Crippen molar-refractivity contribution in [3.63, 3.8) is 0 Å². The maximum absolute atomic E-state index is 12.8. The third-order valence-electron chi connectivity index (χ3n) is 7.42. The van der Waals surface area contributed by atoms with Gasteiger partial charge in [-0.2, -0.15) is 0 Å². The first-order chi connectivity index (χ1) is 17.2. The Balaban J connectivity index is 1.02. The van der Waals surface area contributed by atoms with Crippen molar-refractivity contribution in [3.05, 3.63) is 107 Å². The molecule has 1 aliphatic heterocycles. The van der Waals surface area contributed by atoms with E-state index in [4.69, 9.17) is 0 Å². The van der Waals surface area contributed by atoms with Crippen LogP contribution < -0.4 is 10.6 Å². The van der Waals surface area contributed by atoms with Crippen LogP contribution >= 0.6 is 0 Å². The Morgan fingerprint density at radius 1 is 0.857 bits per heavy atom. The second-order valence-electron chi connectivity index (χ2n) is 9.59. The zero-order valence-corrected chi connectivity index (χ0v) is 19.6. The molecule has 1 amide bonds. The van der Waals surface area contributed by atoms with Crippen LogP contribution in [0.15, 0.2) is 78.9 Å². The predicted molar refractivity (Wildman–Crippen MR) is 140 cm³/mol. The Hall–Kier alpha value is -3.76. The summed E-state index contributed by atoms with van der Waals surface area (Å²) >= 11 is 0. The third kappa shape index (κ3) is 4.04. The first-order valence-corrected chi connectivity index (χ1v) is 12.5. The van der Waals surface area contributed by atoms with Crippen LogP contribution in [0.4, 0.5) is 0 Å². The normalized spacial score (nSPS) is 16.0. The molecule has 1 unspecified atom stereocenters. The zero-order valence-electron chi connectivity index (χ0n) is 19.6. The number of carbonyl (C=O) groups is 2. The number of rotatable bonds is 6. The van der Waals surface area contributed by atoms with Crippen molar-refractivity contribution >= 4 is 22.5 Å². The van der Waals surface area contributed by atoms with Crippen molar-refractivity contribution in [1.29, 1.82) is 0 Å². The van der Waals surface area contributed by atoms with Gasteiger partial charge in [0.1, 0.15) is 0 Å². The van der Waals surface area contributed by atoms with Gasteiger partial charge < -0.3 is 10.6 Å². The van der Waals surface area contributed by atoms with Crippen LogP contribution in [0.5, 0.6) is 0 Å². The van der Waals surface area contributed by atoms with Gasteiger partial charge in [0, 0.05) is 35.8 Å². The summed E-state index contributed by atoms with van der Waals surface area (Å²) in [5, 5.41) is 9.44. The summed E-state index contributed by atoms with van der Waals surface area (Å²) in [6, 6.07) is 26.6. The minimum absolute atomic E-state index is 0.0366. The molecule has 0 fully saturated rings. The summed E-state index contributed by atoms with van der Waals surface area (Å²) in [7, 11) is 0. The second kappa shape index (κ2) is 9.12. The number of ketones is 1. The van der Waals surface area contributed by atoms with E-state index in [0.717, 1.165) is 43.4 Å². The molecular formula is C31H28N2O2. The average Bonchev–Trinajstić information content (AvgIpc) is 3.19. The number of hydrogen-bond acceptors (Lipinski definition) is 3. The lowest BCUT2D eigenvalue weighted by Crippen LogP contribution is -2.35. The van der Waals surface area contributed by atoms with Gasteiger partial charge in [0.25, 0.3) is 5.91 Å². The molecular weight excluding hydrogens is 432 g/mol. The summed E-state index contributed by atoms with van der Waals surface area (Å²) in [4.78, 5) is 25.3. The van der Waals surface area contributed by atoms with Crippen molar-refractivity contribution in [1.82, 2.24) is 10.6 Å². The van der Waals surface area contributed by atoms with Crippen molar-refractivity contribution < 1.29 is 9.59 Å². The monoisotopic (exact) mass is 460 g/mol. The first-order valence-electron chi connectivity index (χ1n) is 12.5. The number of nitrogens with one attached hydrogen (secondary N) is 2. The highest BCUT2D eigenvalue weighted by Gasteiger charge is 2.27. The zero-order chi connectivity index (χ0) is 23.8. The van der Waals surface area contributed by atoms with Gasteiger partial charge in [-0.15, -0.1) is 0 Å². The molecule has 2 aliphatic rings. The lowest BCUT2D eigenvalue weighted by molar-refractivity contribution is 0.0951. The smallest absolute Gasteiger partial charge is 0.251 e. The van der Waals surface area contributed by atoms with Gasteiger partial charge in [-0.1, -0.05) is 67.1 Å². The van der Waals surface area contributed by atoms with Crippen LogP contribution in [0.2, 0.25) is 0 Å². The Bertz CT molecular complexity index is 1460. The minimum Gasteiger partial charge on any atom is -0.352 e. The van der Waals surface area contributed by atoms with Crippen molar-refractivity contribution in [2.75, 3.05) is 6.54 Å². The second-order valence-corrected chi connectivity index (χ2v) is 9.59. The van der Waals surface area contributed by atoms with Gasteiger partial charge in [-0.05, 0) is 70.5 Å². The fourth-order valence-electron chi connectivity index (χ4n) is 5.55. The minimum atomic E-state index is -0.0826. The largest absolute Gasteiger partial charge is 0.352 e. The van der Waals surface area contributed by atoms with Crippen molar-refractivity contribution in [2.24, 2.45) is 0 Å². The third-order valence-corrected chi connectivity index (χ3v) is 7.42. The van der Waals surface area contributed by atoms with Crippen LogP contribution in [0.25, 0.3) is 21.9 Å². The van der Waals surface area contributed by atoms with E-state index in [1.807, 2.05) is 30.3 Å². The van der Waals surface area contributed by atoms with Gasteiger partial charge in [0.15, 0.2) is 5.78 Å². The summed E-state index contributed by atoms with van der Waals surface area (Å²) in [6.07, 6.45) is 4.15. The topological polar surface area (TPSA) is 58.2 Å². The standard InChI is InChI=1S/C31H28N2O2/c34-30-26-11-4-3-10-25(26)29-17-21(14-15-27(29)30)31(35)32-16-6-5-8-23-18-28-22(19-33-23)13-12-20-7-1-2-9-24(20)28/h1-4,7,9-15,17,23,33H,5-6,8,16,18-19H2,(H,32,35). The van der Waals surface area contributed by atoms with Gasteiger partial charge in [0.05, 0.1) is 0 Å². The van der Waals surface area contributed by atoms with Crippen molar-refractivity contribution in [2.45, 2.75) is 38.3 Å². The molecule has 35 heavy (non-hydrogen) atoms. The Morgan fingerprint density at radius 2 is 1.66 bits per heavy atom. The van der Waals surface area contributed by atoms with E-state index in [0.29, 0.717) is 29.3 Å². The van der Waals surface area contributed by atoms with E-state index in [1.54, 1.807) is 12.1 Å². The SMILES string of the molecule is O=C(NCCCCC1Cc2c(ccc3ccccc23)CN1)c1ccc2c(c1)-c1ccccc1C2=O. The molecule has 4 aromatic rings. The summed E-state index contributed by atoms with van der Waals surface area (Å²) in [5.41, 5.74) is 6.66. The van der Waals surface area contributed by atoms with E-state index in [9.17, 15) is 9.59 Å². The maximum atomic E-state index is 12.8. The fraction of sp³-hybridized carbons (Fsp3) is 0.226. The highest BCUT2D eigenvalue weighted by Crippen LogP contribution is 2.36.